The quantitative estimate of drug-likeness (QED) is 0.886. The van der Waals surface area contributed by atoms with Crippen molar-refractivity contribution in [3.05, 3.63) is 27.4 Å². The second-order valence-electron chi connectivity index (χ2n) is 7.97. The van der Waals surface area contributed by atoms with Gasteiger partial charge < -0.3 is 14.8 Å². The van der Waals surface area contributed by atoms with Crippen molar-refractivity contribution in [3.63, 3.8) is 0 Å². The monoisotopic (exact) mass is 344 g/mol. The number of hydrogen-bond donors (Lipinski definition) is 1. The summed E-state index contributed by atoms with van der Waals surface area (Å²) in [4.78, 5) is 37.2. The fraction of sp³-hybridized carbons (Fsp3) is 0.737. The number of aromatic amines is 1. The molecule has 1 amide bonds. The summed E-state index contributed by atoms with van der Waals surface area (Å²) in [5.74, 6) is 1.50. The fourth-order valence-corrected chi connectivity index (χ4v) is 4.60. The van der Waals surface area contributed by atoms with Gasteiger partial charge in [0.25, 0.3) is 5.56 Å². The number of likely N-dealkylation sites (tertiary alicyclic amines) is 1. The normalized spacial score (nSPS) is 25.2. The SMILES string of the molecule is CN1CCc2nc([C@H]3CCCN(C(=O)C4CCCC4)C3)[nH]c(=O)c2C1. The van der Waals surface area contributed by atoms with Crippen LogP contribution in [0.15, 0.2) is 4.79 Å². The van der Waals surface area contributed by atoms with E-state index >= 15 is 0 Å². The Bertz CT molecular complexity index is 708. The summed E-state index contributed by atoms with van der Waals surface area (Å²) in [6, 6.07) is 0. The molecule has 0 bridgehead atoms. The molecule has 1 saturated heterocycles. The van der Waals surface area contributed by atoms with Gasteiger partial charge in [0, 0.05) is 44.4 Å². The Hall–Kier alpha value is -1.69. The first-order valence-electron chi connectivity index (χ1n) is 9.71. The fourth-order valence-electron chi connectivity index (χ4n) is 4.60. The van der Waals surface area contributed by atoms with Crippen LogP contribution in [0.3, 0.4) is 0 Å². The number of nitrogens with one attached hydrogen (secondary N) is 1. The number of likely N-dealkylation sites (N-methyl/N-ethyl adjacent to an activating group) is 1. The summed E-state index contributed by atoms with van der Waals surface area (Å²) in [7, 11) is 2.03. The van der Waals surface area contributed by atoms with E-state index in [1.54, 1.807) is 0 Å². The molecule has 1 aromatic rings. The van der Waals surface area contributed by atoms with Gasteiger partial charge in [0.15, 0.2) is 0 Å². The molecule has 4 rings (SSSR count). The molecule has 2 aliphatic heterocycles. The Morgan fingerprint density at radius 1 is 1.16 bits per heavy atom. The van der Waals surface area contributed by atoms with Gasteiger partial charge in [0.1, 0.15) is 5.82 Å². The van der Waals surface area contributed by atoms with Crippen molar-refractivity contribution >= 4 is 5.91 Å². The first-order chi connectivity index (χ1) is 12.1. The zero-order valence-corrected chi connectivity index (χ0v) is 15.1. The van der Waals surface area contributed by atoms with Crippen molar-refractivity contribution in [2.45, 2.75) is 57.4 Å². The first-order valence-corrected chi connectivity index (χ1v) is 9.71. The molecule has 0 spiro atoms. The summed E-state index contributed by atoms with van der Waals surface area (Å²) in [6.45, 7) is 3.18. The predicted molar refractivity (Wildman–Crippen MR) is 95.4 cm³/mol. The van der Waals surface area contributed by atoms with Crippen LogP contribution in [0.1, 0.15) is 61.5 Å². The Morgan fingerprint density at radius 3 is 2.76 bits per heavy atom. The van der Waals surface area contributed by atoms with Crippen LogP contribution in [0.5, 0.6) is 0 Å². The number of nitrogens with zero attached hydrogens (tertiary/aromatic N) is 3. The number of fused-ring (bicyclic) bond motifs is 1. The Balaban J connectivity index is 1.52. The highest BCUT2D eigenvalue weighted by molar-refractivity contribution is 5.79. The summed E-state index contributed by atoms with van der Waals surface area (Å²) in [6.07, 6.45) is 7.27. The molecule has 2 fully saturated rings. The van der Waals surface area contributed by atoms with Crippen LogP contribution in [0.2, 0.25) is 0 Å². The Kier molecular flexibility index (Phi) is 4.63. The minimum absolute atomic E-state index is 0.00536. The molecule has 1 aliphatic carbocycles. The minimum atomic E-state index is 0.00536. The standard InChI is InChI=1S/C19H28N4O2/c1-22-10-8-16-15(12-22)18(24)21-17(20-16)14-7-4-9-23(11-14)19(25)13-5-2-3-6-13/h13-14H,2-12H2,1H3,(H,20,21,24)/t14-/m0/s1. The van der Waals surface area contributed by atoms with Crippen molar-refractivity contribution in [1.82, 2.24) is 19.8 Å². The number of carbonyl (C=O) groups is 1. The molecule has 0 radical (unpaired) electrons. The third-order valence-electron chi connectivity index (χ3n) is 6.10. The average Bonchev–Trinajstić information content (AvgIpc) is 3.16. The lowest BCUT2D eigenvalue weighted by atomic mass is 9.94. The molecule has 3 heterocycles. The molecule has 25 heavy (non-hydrogen) atoms. The Labute approximate surface area is 148 Å². The highest BCUT2D eigenvalue weighted by atomic mass is 16.2. The molecule has 136 valence electrons. The van der Waals surface area contributed by atoms with Crippen molar-refractivity contribution < 1.29 is 4.79 Å². The highest BCUT2D eigenvalue weighted by Crippen LogP contribution is 2.30. The molecular weight excluding hydrogens is 316 g/mol. The van der Waals surface area contributed by atoms with Crippen LogP contribution in [0.4, 0.5) is 0 Å². The molecule has 0 unspecified atom stereocenters. The number of H-pyrrole nitrogens is 1. The van der Waals surface area contributed by atoms with Crippen LogP contribution < -0.4 is 5.56 Å². The van der Waals surface area contributed by atoms with E-state index in [0.717, 1.165) is 62.3 Å². The lowest BCUT2D eigenvalue weighted by Crippen LogP contribution is -2.43. The van der Waals surface area contributed by atoms with E-state index in [0.29, 0.717) is 19.0 Å². The number of carbonyl (C=O) groups excluding carboxylic acids is 1. The Morgan fingerprint density at radius 2 is 1.96 bits per heavy atom. The van der Waals surface area contributed by atoms with E-state index in [4.69, 9.17) is 4.98 Å². The first kappa shape index (κ1) is 16.8. The molecular formula is C19H28N4O2. The topological polar surface area (TPSA) is 69.3 Å². The number of hydrogen-bond acceptors (Lipinski definition) is 4. The largest absolute Gasteiger partial charge is 0.342 e. The number of piperidine rings is 1. The van der Waals surface area contributed by atoms with Crippen molar-refractivity contribution in [3.8, 4) is 0 Å². The van der Waals surface area contributed by atoms with Gasteiger partial charge in [0.2, 0.25) is 5.91 Å². The zero-order valence-electron chi connectivity index (χ0n) is 15.1. The summed E-state index contributed by atoms with van der Waals surface area (Å²) < 4.78 is 0. The van der Waals surface area contributed by atoms with Crippen LogP contribution in [-0.4, -0.2) is 52.4 Å². The molecule has 1 aromatic heterocycles. The predicted octanol–water partition coefficient (Wildman–Crippen LogP) is 1.65. The van der Waals surface area contributed by atoms with Crippen LogP contribution >= 0.6 is 0 Å². The summed E-state index contributed by atoms with van der Waals surface area (Å²) in [5, 5.41) is 0. The maximum absolute atomic E-state index is 12.7. The zero-order chi connectivity index (χ0) is 17.4. The summed E-state index contributed by atoms with van der Waals surface area (Å²) >= 11 is 0. The van der Waals surface area contributed by atoms with Gasteiger partial charge in [-0.15, -0.1) is 0 Å². The van der Waals surface area contributed by atoms with Gasteiger partial charge in [-0.1, -0.05) is 12.8 Å². The second-order valence-corrected chi connectivity index (χ2v) is 7.97. The molecule has 0 aromatic carbocycles. The average molecular weight is 344 g/mol. The third-order valence-corrected chi connectivity index (χ3v) is 6.10. The lowest BCUT2D eigenvalue weighted by molar-refractivity contribution is -0.136. The van der Waals surface area contributed by atoms with E-state index < -0.39 is 0 Å². The van der Waals surface area contributed by atoms with E-state index in [-0.39, 0.29) is 17.4 Å². The lowest BCUT2D eigenvalue weighted by Gasteiger charge is -2.34. The van der Waals surface area contributed by atoms with Crippen molar-refractivity contribution in [2.75, 3.05) is 26.7 Å². The van der Waals surface area contributed by atoms with Gasteiger partial charge in [-0.25, -0.2) is 4.98 Å². The smallest absolute Gasteiger partial charge is 0.255 e. The molecule has 1 saturated carbocycles. The number of rotatable bonds is 2. The molecule has 1 atom stereocenters. The van der Waals surface area contributed by atoms with Gasteiger partial charge >= 0.3 is 0 Å². The van der Waals surface area contributed by atoms with Gasteiger partial charge in [-0.05, 0) is 32.7 Å². The van der Waals surface area contributed by atoms with Crippen LogP contribution in [0, 0.1) is 5.92 Å². The number of aromatic nitrogens is 2. The van der Waals surface area contributed by atoms with E-state index in [9.17, 15) is 9.59 Å². The minimum Gasteiger partial charge on any atom is -0.342 e. The molecule has 3 aliphatic rings. The molecule has 6 heteroatoms. The van der Waals surface area contributed by atoms with Crippen LogP contribution in [-0.2, 0) is 17.8 Å². The third kappa shape index (κ3) is 3.36. The molecule has 6 nitrogen and oxygen atoms in total. The van der Waals surface area contributed by atoms with Crippen molar-refractivity contribution in [2.24, 2.45) is 5.92 Å². The van der Waals surface area contributed by atoms with Crippen LogP contribution in [0.25, 0.3) is 0 Å². The maximum atomic E-state index is 12.7. The summed E-state index contributed by atoms with van der Waals surface area (Å²) in [5.41, 5.74) is 1.77. The van der Waals surface area contributed by atoms with Gasteiger partial charge in [0.05, 0.1) is 11.3 Å². The highest BCUT2D eigenvalue weighted by Gasteiger charge is 2.32. The van der Waals surface area contributed by atoms with Gasteiger partial charge in [-0.2, -0.15) is 0 Å². The van der Waals surface area contributed by atoms with E-state index in [1.807, 2.05) is 11.9 Å². The van der Waals surface area contributed by atoms with Crippen molar-refractivity contribution in [1.29, 1.82) is 0 Å². The van der Waals surface area contributed by atoms with Gasteiger partial charge in [-0.3, -0.25) is 9.59 Å². The molecule has 1 N–H and O–H groups in total. The maximum Gasteiger partial charge on any atom is 0.255 e. The number of amides is 1. The van der Waals surface area contributed by atoms with E-state index in [2.05, 4.69) is 9.88 Å². The van der Waals surface area contributed by atoms with E-state index in [1.165, 1.54) is 12.8 Å². The second kappa shape index (κ2) is 6.90.